The molecule has 4 N–H and O–H groups in total. The minimum atomic E-state index is -0.533. The van der Waals surface area contributed by atoms with Crippen LogP contribution in [0.5, 0.6) is 0 Å². The summed E-state index contributed by atoms with van der Waals surface area (Å²) in [6, 6.07) is -0.763. The van der Waals surface area contributed by atoms with E-state index in [1.807, 2.05) is 0 Å². The first-order valence-corrected chi connectivity index (χ1v) is 5.25. The summed E-state index contributed by atoms with van der Waals surface area (Å²) in [5, 5.41) is 12.4. The van der Waals surface area contributed by atoms with E-state index in [9.17, 15) is 9.59 Å². The normalized spacial score (nSPS) is 22.1. The number of aromatic nitrogens is 2. The minimum absolute atomic E-state index is 0.131. The molecule has 0 saturated carbocycles. The predicted octanol–water partition coefficient (Wildman–Crippen LogP) is -0.694. The third-order valence-electron chi connectivity index (χ3n) is 2.37. The van der Waals surface area contributed by atoms with Gasteiger partial charge in [-0.3, -0.25) is 14.9 Å². The Labute approximate surface area is 96.9 Å². The SMILES string of the molecule is CC(N)c1nnc(NC2CCC(=O)NC2=O)o1. The number of hydrogen-bond acceptors (Lipinski definition) is 7. The number of piperidine rings is 1. The van der Waals surface area contributed by atoms with E-state index in [-0.39, 0.29) is 30.3 Å². The minimum Gasteiger partial charge on any atom is -0.406 e. The van der Waals surface area contributed by atoms with Crippen LogP contribution in [0.2, 0.25) is 0 Å². The topological polar surface area (TPSA) is 123 Å². The zero-order valence-electron chi connectivity index (χ0n) is 9.27. The summed E-state index contributed by atoms with van der Waals surface area (Å²) in [5.74, 6) is -0.364. The first-order chi connectivity index (χ1) is 8.06. The Morgan fingerprint density at radius 2 is 2.29 bits per heavy atom. The molecule has 2 atom stereocenters. The summed E-state index contributed by atoms with van der Waals surface area (Å²) in [4.78, 5) is 22.4. The maximum absolute atomic E-state index is 11.4. The van der Waals surface area contributed by atoms with Gasteiger partial charge in [-0.05, 0) is 13.3 Å². The van der Waals surface area contributed by atoms with E-state index < -0.39 is 6.04 Å². The van der Waals surface area contributed by atoms with Gasteiger partial charge in [-0.1, -0.05) is 5.10 Å². The molecule has 2 amide bonds. The fourth-order valence-corrected chi connectivity index (χ4v) is 1.46. The maximum Gasteiger partial charge on any atom is 0.316 e. The predicted molar refractivity (Wildman–Crippen MR) is 56.7 cm³/mol. The van der Waals surface area contributed by atoms with Crippen LogP contribution in [0, 0.1) is 0 Å². The molecule has 1 aromatic heterocycles. The Morgan fingerprint density at radius 3 is 2.88 bits per heavy atom. The molecule has 0 bridgehead atoms. The van der Waals surface area contributed by atoms with E-state index in [4.69, 9.17) is 10.2 Å². The zero-order valence-corrected chi connectivity index (χ0v) is 9.27. The van der Waals surface area contributed by atoms with Gasteiger partial charge in [0.25, 0.3) is 0 Å². The summed E-state index contributed by atoms with van der Waals surface area (Å²) in [5.41, 5.74) is 5.56. The average Bonchev–Trinajstić information content (AvgIpc) is 2.71. The molecule has 0 radical (unpaired) electrons. The average molecular weight is 239 g/mol. The van der Waals surface area contributed by atoms with Crippen molar-refractivity contribution in [1.82, 2.24) is 15.5 Å². The van der Waals surface area contributed by atoms with Crippen LogP contribution in [0.15, 0.2) is 4.42 Å². The number of nitrogens with zero attached hydrogens (tertiary/aromatic N) is 2. The molecule has 1 aromatic rings. The number of nitrogens with one attached hydrogen (secondary N) is 2. The van der Waals surface area contributed by atoms with Crippen molar-refractivity contribution in [3.63, 3.8) is 0 Å². The number of carbonyl (C=O) groups excluding carboxylic acids is 2. The molecule has 0 spiro atoms. The van der Waals surface area contributed by atoms with Crippen LogP contribution in [0.25, 0.3) is 0 Å². The van der Waals surface area contributed by atoms with Crippen molar-refractivity contribution in [3.05, 3.63) is 5.89 Å². The van der Waals surface area contributed by atoms with Crippen LogP contribution in [-0.2, 0) is 9.59 Å². The largest absolute Gasteiger partial charge is 0.406 e. The van der Waals surface area contributed by atoms with Gasteiger partial charge in [0.2, 0.25) is 17.7 Å². The molecule has 2 unspecified atom stereocenters. The highest BCUT2D eigenvalue weighted by Crippen LogP contribution is 2.15. The Kier molecular flexibility index (Phi) is 3.05. The molecule has 2 rings (SSSR count). The van der Waals surface area contributed by atoms with Crippen LogP contribution in [0.4, 0.5) is 6.01 Å². The van der Waals surface area contributed by atoms with Crippen molar-refractivity contribution in [2.75, 3.05) is 5.32 Å². The molecule has 2 heterocycles. The molecular formula is C9H13N5O3. The number of carbonyl (C=O) groups is 2. The standard InChI is InChI=1S/C9H13N5O3/c1-4(10)8-13-14-9(17-8)11-5-2-3-6(15)12-7(5)16/h4-5H,2-3,10H2,1H3,(H,11,14)(H,12,15,16). The van der Waals surface area contributed by atoms with Gasteiger partial charge >= 0.3 is 6.01 Å². The third-order valence-corrected chi connectivity index (χ3v) is 2.37. The number of rotatable bonds is 3. The fraction of sp³-hybridized carbons (Fsp3) is 0.556. The Hall–Kier alpha value is -1.96. The lowest BCUT2D eigenvalue weighted by Crippen LogP contribution is -2.47. The summed E-state index contributed by atoms with van der Waals surface area (Å²) < 4.78 is 5.20. The number of hydrogen-bond donors (Lipinski definition) is 3. The van der Waals surface area contributed by atoms with E-state index in [1.165, 1.54) is 0 Å². The molecule has 0 aliphatic carbocycles. The van der Waals surface area contributed by atoms with Crippen molar-refractivity contribution >= 4 is 17.8 Å². The monoisotopic (exact) mass is 239 g/mol. The van der Waals surface area contributed by atoms with Crippen LogP contribution < -0.4 is 16.4 Å². The second-order valence-electron chi connectivity index (χ2n) is 3.88. The second-order valence-corrected chi connectivity index (χ2v) is 3.88. The number of nitrogens with two attached hydrogens (primary N) is 1. The van der Waals surface area contributed by atoms with E-state index in [0.717, 1.165) is 0 Å². The van der Waals surface area contributed by atoms with E-state index in [0.29, 0.717) is 12.3 Å². The number of anilines is 1. The van der Waals surface area contributed by atoms with Crippen molar-refractivity contribution < 1.29 is 14.0 Å². The summed E-state index contributed by atoms with van der Waals surface area (Å²) in [6.45, 7) is 1.71. The van der Waals surface area contributed by atoms with Crippen molar-refractivity contribution in [1.29, 1.82) is 0 Å². The van der Waals surface area contributed by atoms with Gasteiger partial charge in [-0.25, -0.2) is 0 Å². The van der Waals surface area contributed by atoms with Gasteiger partial charge in [0.1, 0.15) is 6.04 Å². The molecular weight excluding hydrogens is 226 g/mol. The molecule has 0 aromatic carbocycles. The Morgan fingerprint density at radius 1 is 1.53 bits per heavy atom. The smallest absolute Gasteiger partial charge is 0.316 e. The molecule has 1 aliphatic heterocycles. The highest BCUT2D eigenvalue weighted by molar-refractivity contribution is 6.01. The lowest BCUT2D eigenvalue weighted by Gasteiger charge is -2.20. The van der Waals surface area contributed by atoms with Crippen LogP contribution in [0.3, 0.4) is 0 Å². The third kappa shape index (κ3) is 2.59. The molecule has 1 aliphatic rings. The summed E-state index contributed by atoms with van der Waals surface area (Å²) in [6.07, 6.45) is 0.693. The first-order valence-electron chi connectivity index (χ1n) is 5.25. The highest BCUT2D eigenvalue weighted by Gasteiger charge is 2.27. The molecule has 92 valence electrons. The van der Waals surface area contributed by atoms with Gasteiger partial charge in [-0.2, -0.15) is 0 Å². The van der Waals surface area contributed by atoms with E-state index in [2.05, 4.69) is 20.8 Å². The van der Waals surface area contributed by atoms with Crippen molar-refractivity contribution in [2.24, 2.45) is 5.73 Å². The lowest BCUT2D eigenvalue weighted by molar-refractivity contribution is -0.133. The summed E-state index contributed by atoms with van der Waals surface area (Å²) in [7, 11) is 0. The van der Waals surface area contributed by atoms with Crippen LogP contribution >= 0.6 is 0 Å². The number of imide groups is 1. The van der Waals surface area contributed by atoms with Gasteiger partial charge in [0.15, 0.2) is 0 Å². The van der Waals surface area contributed by atoms with Gasteiger partial charge in [0.05, 0.1) is 6.04 Å². The Balaban J connectivity index is 2.00. The van der Waals surface area contributed by atoms with Crippen molar-refractivity contribution in [2.45, 2.75) is 31.8 Å². The van der Waals surface area contributed by atoms with Gasteiger partial charge in [-0.15, -0.1) is 5.10 Å². The Bertz CT molecular complexity index is 442. The van der Waals surface area contributed by atoms with Crippen LogP contribution in [0.1, 0.15) is 31.7 Å². The fourth-order valence-electron chi connectivity index (χ4n) is 1.46. The summed E-state index contributed by atoms with van der Waals surface area (Å²) >= 11 is 0. The second kappa shape index (κ2) is 4.50. The quantitative estimate of drug-likeness (QED) is 0.596. The van der Waals surface area contributed by atoms with Gasteiger partial charge < -0.3 is 15.5 Å². The lowest BCUT2D eigenvalue weighted by atomic mass is 10.1. The molecule has 8 heteroatoms. The van der Waals surface area contributed by atoms with Crippen molar-refractivity contribution in [3.8, 4) is 0 Å². The molecule has 8 nitrogen and oxygen atoms in total. The van der Waals surface area contributed by atoms with Gasteiger partial charge in [0, 0.05) is 6.42 Å². The van der Waals surface area contributed by atoms with E-state index >= 15 is 0 Å². The first kappa shape index (κ1) is 11.5. The molecule has 1 fully saturated rings. The van der Waals surface area contributed by atoms with Crippen LogP contribution in [-0.4, -0.2) is 28.1 Å². The maximum atomic E-state index is 11.4. The van der Waals surface area contributed by atoms with E-state index in [1.54, 1.807) is 6.92 Å². The zero-order chi connectivity index (χ0) is 12.4. The molecule has 17 heavy (non-hydrogen) atoms. The number of amides is 2. The highest BCUT2D eigenvalue weighted by atomic mass is 16.4. The molecule has 1 saturated heterocycles.